The molecule has 2 heteroatoms. The molecule has 0 N–H and O–H groups in total. The van der Waals surface area contributed by atoms with Crippen LogP contribution in [0.25, 0.3) is 0 Å². The molecule has 17 heavy (non-hydrogen) atoms. The molecule has 0 aliphatic heterocycles. The van der Waals surface area contributed by atoms with Crippen molar-refractivity contribution >= 4 is 0 Å². The first-order valence-corrected chi connectivity index (χ1v) is 6.08. The third-order valence-corrected chi connectivity index (χ3v) is 3.27. The Hall–Kier alpha value is -1.54. The minimum atomic E-state index is 0.584. The van der Waals surface area contributed by atoms with Crippen molar-refractivity contribution in [2.75, 3.05) is 6.61 Å². The average molecular weight is 228 g/mol. The van der Waals surface area contributed by atoms with E-state index in [2.05, 4.69) is 18.2 Å². The molecule has 2 atom stereocenters. The molecule has 2 nitrogen and oxygen atoms in total. The fraction of sp³-hybridized carbons (Fsp3) is 0.333. The van der Waals surface area contributed by atoms with Gasteiger partial charge in [0.15, 0.2) is 0 Å². The topological polar surface area (TPSA) is 22.4 Å². The van der Waals surface area contributed by atoms with Crippen LogP contribution in [0.15, 0.2) is 53.1 Å². The molecule has 1 aromatic heterocycles. The lowest BCUT2D eigenvalue weighted by molar-refractivity contribution is 0.109. The highest BCUT2D eigenvalue weighted by atomic mass is 16.5. The van der Waals surface area contributed by atoms with Crippen molar-refractivity contribution in [3.63, 3.8) is 0 Å². The van der Waals surface area contributed by atoms with Gasteiger partial charge in [-0.3, -0.25) is 0 Å². The highest BCUT2D eigenvalue weighted by Crippen LogP contribution is 2.47. The average Bonchev–Trinajstić information content (AvgIpc) is 2.93. The van der Waals surface area contributed by atoms with Crippen LogP contribution in [0.5, 0.6) is 0 Å². The molecule has 0 spiro atoms. The summed E-state index contributed by atoms with van der Waals surface area (Å²) in [6.07, 6.45) is 2.94. The van der Waals surface area contributed by atoms with Gasteiger partial charge < -0.3 is 9.15 Å². The van der Waals surface area contributed by atoms with E-state index >= 15 is 0 Å². The number of rotatable bonds is 5. The van der Waals surface area contributed by atoms with E-state index in [0.29, 0.717) is 18.4 Å². The van der Waals surface area contributed by atoms with Crippen molar-refractivity contribution < 1.29 is 9.15 Å². The van der Waals surface area contributed by atoms with Crippen LogP contribution in [-0.2, 0) is 11.3 Å². The lowest BCUT2D eigenvalue weighted by Gasteiger charge is -2.03. The summed E-state index contributed by atoms with van der Waals surface area (Å²) in [6.45, 7) is 1.54. The summed E-state index contributed by atoms with van der Waals surface area (Å²) in [5, 5.41) is 0. The smallest absolute Gasteiger partial charge is 0.107 e. The largest absolute Gasteiger partial charge is 0.469 e. The van der Waals surface area contributed by atoms with Crippen LogP contribution in [0.4, 0.5) is 0 Å². The molecule has 1 aliphatic carbocycles. The summed E-state index contributed by atoms with van der Waals surface area (Å²) in [7, 11) is 0. The Labute approximate surface area is 101 Å². The maximum Gasteiger partial charge on any atom is 0.107 e. The lowest BCUT2D eigenvalue weighted by atomic mass is 10.2. The van der Waals surface area contributed by atoms with E-state index in [9.17, 15) is 0 Å². The normalized spacial score (nSPS) is 22.6. The monoisotopic (exact) mass is 228 g/mol. The van der Waals surface area contributed by atoms with Gasteiger partial charge in [-0.15, -0.1) is 0 Å². The first-order chi connectivity index (χ1) is 8.43. The third kappa shape index (κ3) is 2.59. The molecule has 1 heterocycles. The van der Waals surface area contributed by atoms with E-state index < -0.39 is 0 Å². The molecule has 1 aromatic carbocycles. The van der Waals surface area contributed by atoms with E-state index in [0.717, 1.165) is 12.4 Å². The van der Waals surface area contributed by atoms with E-state index in [1.165, 1.54) is 12.0 Å². The zero-order valence-corrected chi connectivity index (χ0v) is 9.71. The summed E-state index contributed by atoms with van der Waals surface area (Å²) in [4.78, 5) is 0. The predicted molar refractivity (Wildman–Crippen MR) is 65.7 cm³/mol. The molecule has 2 aromatic rings. The van der Waals surface area contributed by atoms with E-state index in [-0.39, 0.29) is 0 Å². The summed E-state index contributed by atoms with van der Waals surface area (Å²) < 4.78 is 11.1. The van der Waals surface area contributed by atoms with Crippen LogP contribution >= 0.6 is 0 Å². The highest BCUT2D eigenvalue weighted by molar-refractivity contribution is 5.15. The van der Waals surface area contributed by atoms with Gasteiger partial charge in [0.1, 0.15) is 5.76 Å². The van der Waals surface area contributed by atoms with Crippen LogP contribution in [0, 0.1) is 5.92 Å². The van der Waals surface area contributed by atoms with Gasteiger partial charge in [0.05, 0.1) is 19.5 Å². The molecule has 2 unspecified atom stereocenters. The third-order valence-electron chi connectivity index (χ3n) is 3.27. The van der Waals surface area contributed by atoms with Crippen LogP contribution in [0.2, 0.25) is 0 Å². The van der Waals surface area contributed by atoms with Gasteiger partial charge in [0.25, 0.3) is 0 Å². The van der Waals surface area contributed by atoms with Crippen LogP contribution in [0.3, 0.4) is 0 Å². The molecule has 0 saturated heterocycles. The van der Waals surface area contributed by atoms with Crippen molar-refractivity contribution in [3.8, 4) is 0 Å². The van der Waals surface area contributed by atoms with Crippen molar-refractivity contribution in [1.82, 2.24) is 0 Å². The molecule has 1 saturated carbocycles. The second kappa shape index (κ2) is 4.76. The van der Waals surface area contributed by atoms with Crippen LogP contribution in [-0.4, -0.2) is 6.61 Å². The second-order valence-corrected chi connectivity index (χ2v) is 4.62. The van der Waals surface area contributed by atoms with Gasteiger partial charge in [-0.1, -0.05) is 30.3 Å². The first kappa shape index (κ1) is 10.6. The highest BCUT2D eigenvalue weighted by Gasteiger charge is 2.40. The second-order valence-electron chi connectivity index (χ2n) is 4.62. The van der Waals surface area contributed by atoms with E-state index in [1.54, 1.807) is 6.26 Å². The number of furan rings is 1. The minimum absolute atomic E-state index is 0.584. The summed E-state index contributed by atoms with van der Waals surface area (Å²) >= 11 is 0. The maximum absolute atomic E-state index is 5.73. The van der Waals surface area contributed by atoms with Gasteiger partial charge in [0, 0.05) is 5.92 Å². The first-order valence-electron chi connectivity index (χ1n) is 6.08. The standard InChI is InChI=1S/C15H16O2/c1-2-5-12(6-3-1)10-16-11-13-9-14(13)15-7-4-8-17-15/h1-8,13-14H,9-11H2. The molecule has 1 fully saturated rings. The zero-order chi connectivity index (χ0) is 11.5. The Morgan fingerprint density at radius 1 is 1.12 bits per heavy atom. The van der Waals surface area contributed by atoms with Gasteiger partial charge in [-0.05, 0) is 30.0 Å². The summed E-state index contributed by atoms with van der Waals surface area (Å²) in [5.74, 6) is 2.34. The van der Waals surface area contributed by atoms with Crippen molar-refractivity contribution in [1.29, 1.82) is 0 Å². The van der Waals surface area contributed by atoms with Gasteiger partial charge in [-0.2, -0.15) is 0 Å². The number of hydrogen-bond acceptors (Lipinski definition) is 2. The number of benzene rings is 1. The number of hydrogen-bond donors (Lipinski definition) is 0. The van der Waals surface area contributed by atoms with Crippen LogP contribution in [0.1, 0.15) is 23.7 Å². The van der Waals surface area contributed by atoms with Crippen LogP contribution < -0.4 is 0 Å². The van der Waals surface area contributed by atoms with Crippen molar-refractivity contribution in [3.05, 3.63) is 60.1 Å². The SMILES string of the molecule is c1ccc(COCC2CC2c2ccco2)cc1. The Balaban J connectivity index is 1.42. The molecule has 88 valence electrons. The molecule has 0 bridgehead atoms. The van der Waals surface area contributed by atoms with Gasteiger partial charge in [0.2, 0.25) is 0 Å². The lowest BCUT2D eigenvalue weighted by Crippen LogP contribution is -1.98. The quantitative estimate of drug-likeness (QED) is 0.780. The molecule has 1 aliphatic rings. The van der Waals surface area contributed by atoms with Crippen molar-refractivity contribution in [2.24, 2.45) is 5.92 Å². The van der Waals surface area contributed by atoms with Gasteiger partial charge in [-0.25, -0.2) is 0 Å². The summed E-state index contributed by atoms with van der Waals surface area (Å²) in [5.41, 5.74) is 1.24. The number of ether oxygens (including phenoxy) is 1. The molecule has 0 radical (unpaired) electrons. The summed E-state index contributed by atoms with van der Waals surface area (Å²) in [6, 6.07) is 14.3. The fourth-order valence-electron chi connectivity index (χ4n) is 2.18. The van der Waals surface area contributed by atoms with Crippen molar-refractivity contribution in [2.45, 2.75) is 18.9 Å². The minimum Gasteiger partial charge on any atom is -0.469 e. The van der Waals surface area contributed by atoms with Gasteiger partial charge >= 0.3 is 0 Å². The Kier molecular flexibility index (Phi) is 2.97. The maximum atomic E-state index is 5.73. The molecular formula is C15H16O2. The van der Waals surface area contributed by atoms with E-state index in [1.807, 2.05) is 24.3 Å². The molecule has 3 rings (SSSR count). The fourth-order valence-corrected chi connectivity index (χ4v) is 2.18. The molecular weight excluding hydrogens is 212 g/mol. The predicted octanol–water partition coefficient (Wildman–Crippen LogP) is 3.60. The zero-order valence-electron chi connectivity index (χ0n) is 9.71. The van der Waals surface area contributed by atoms with E-state index in [4.69, 9.17) is 9.15 Å². The molecule has 0 amide bonds. The Morgan fingerprint density at radius 2 is 2.00 bits per heavy atom. The Morgan fingerprint density at radius 3 is 2.76 bits per heavy atom. The Bertz CT molecular complexity index is 447.